The van der Waals surface area contributed by atoms with E-state index in [2.05, 4.69) is 16.2 Å². The molecule has 0 aliphatic carbocycles. The van der Waals surface area contributed by atoms with E-state index in [0.717, 1.165) is 0 Å². The molecule has 0 rings (SSSR count). The van der Waals surface area contributed by atoms with Crippen LogP contribution in [-0.2, 0) is 14.4 Å². The van der Waals surface area contributed by atoms with Gasteiger partial charge in [0, 0.05) is 5.57 Å². The van der Waals surface area contributed by atoms with Crippen LogP contribution in [0.2, 0.25) is 0 Å². The number of ether oxygens (including phenoxy) is 1. The summed E-state index contributed by atoms with van der Waals surface area (Å²) in [6.07, 6.45) is -0.316. The third-order valence-corrected chi connectivity index (χ3v) is 1.22. The van der Waals surface area contributed by atoms with Crippen molar-refractivity contribution in [3.63, 3.8) is 0 Å². The van der Waals surface area contributed by atoms with Crippen molar-refractivity contribution in [2.45, 2.75) is 20.3 Å². The fourth-order valence-electron chi connectivity index (χ4n) is 0.465. The summed E-state index contributed by atoms with van der Waals surface area (Å²) in [6, 6.07) is 0. The summed E-state index contributed by atoms with van der Waals surface area (Å²) in [5, 5.41) is 0. The summed E-state index contributed by atoms with van der Waals surface area (Å²) in [6.45, 7) is 7.05. The van der Waals surface area contributed by atoms with E-state index < -0.39 is 12.1 Å². The van der Waals surface area contributed by atoms with E-state index in [-0.39, 0.29) is 12.2 Å². The van der Waals surface area contributed by atoms with Crippen LogP contribution in [0, 0.1) is 0 Å². The summed E-state index contributed by atoms with van der Waals surface area (Å²) in [4.78, 5) is 25.9. The van der Waals surface area contributed by atoms with Gasteiger partial charge in [0.1, 0.15) is 0 Å². The van der Waals surface area contributed by atoms with Crippen molar-refractivity contribution in [2.75, 3.05) is 6.61 Å². The lowest BCUT2D eigenvalue weighted by Gasteiger charge is -2.05. The van der Waals surface area contributed by atoms with Gasteiger partial charge in [-0.05, 0) is 13.3 Å². The molecule has 0 saturated heterocycles. The molecule has 0 aromatic rings. The van der Waals surface area contributed by atoms with Crippen LogP contribution >= 0.6 is 0 Å². The molecule has 0 aliphatic heterocycles. The third-order valence-electron chi connectivity index (χ3n) is 1.22. The van der Waals surface area contributed by atoms with Gasteiger partial charge in [0.2, 0.25) is 0 Å². The van der Waals surface area contributed by atoms with Crippen LogP contribution in [0.5, 0.6) is 0 Å². The maximum Gasteiger partial charge on any atom is 0.440 e. The largest absolute Gasteiger partial charge is 0.448 e. The zero-order valence-corrected chi connectivity index (χ0v) is 7.75. The fourth-order valence-corrected chi connectivity index (χ4v) is 0.465. The second kappa shape index (κ2) is 6.05. The Morgan fingerprint density at radius 1 is 1.38 bits per heavy atom. The van der Waals surface area contributed by atoms with Gasteiger partial charge in [-0.25, -0.2) is 9.59 Å². The van der Waals surface area contributed by atoms with E-state index in [0.29, 0.717) is 6.42 Å². The molecule has 5 nitrogen and oxygen atoms in total. The quantitative estimate of drug-likeness (QED) is 0.531. The molecule has 1 amide bonds. The zero-order valence-electron chi connectivity index (χ0n) is 7.75. The van der Waals surface area contributed by atoms with Crippen molar-refractivity contribution in [2.24, 2.45) is 0 Å². The Morgan fingerprint density at radius 3 is 2.46 bits per heavy atom. The lowest BCUT2D eigenvalue weighted by molar-refractivity contribution is -0.145. The first kappa shape index (κ1) is 11.5. The monoisotopic (exact) mass is 187 g/mol. The maximum absolute atomic E-state index is 10.9. The molecule has 0 aliphatic rings. The van der Waals surface area contributed by atoms with E-state index in [1.54, 1.807) is 13.8 Å². The summed E-state index contributed by atoms with van der Waals surface area (Å²) >= 11 is 0. The molecule has 13 heavy (non-hydrogen) atoms. The first-order valence-corrected chi connectivity index (χ1v) is 3.93. The first-order chi connectivity index (χ1) is 6.11. The number of hydroxylamine groups is 1. The standard InChI is InChI=1S/C8H13NO4/c1-4-6(3)7(10)13-9-8(11)12-5-2/h3-5H2,1-2H3,(H,9,11). The molecule has 0 bridgehead atoms. The topological polar surface area (TPSA) is 64.6 Å². The third kappa shape index (κ3) is 4.84. The Balaban J connectivity index is 3.70. The molecule has 0 atom stereocenters. The SMILES string of the molecule is C=C(CC)C(=O)ONC(=O)OCC. The van der Waals surface area contributed by atoms with Crippen LogP contribution in [0.15, 0.2) is 12.2 Å². The van der Waals surface area contributed by atoms with Crippen molar-refractivity contribution >= 4 is 12.1 Å². The molecule has 0 aromatic carbocycles. The van der Waals surface area contributed by atoms with Crippen molar-refractivity contribution in [3.8, 4) is 0 Å². The van der Waals surface area contributed by atoms with Crippen molar-refractivity contribution in [3.05, 3.63) is 12.2 Å². The van der Waals surface area contributed by atoms with Gasteiger partial charge >= 0.3 is 12.1 Å². The molecular weight excluding hydrogens is 174 g/mol. The van der Waals surface area contributed by atoms with Gasteiger partial charge in [0.25, 0.3) is 0 Å². The molecule has 1 N–H and O–H groups in total. The van der Waals surface area contributed by atoms with E-state index in [1.165, 1.54) is 0 Å². The smallest absolute Gasteiger partial charge is 0.440 e. The maximum atomic E-state index is 10.9. The van der Waals surface area contributed by atoms with Crippen molar-refractivity contribution in [1.29, 1.82) is 0 Å². The molecule has 74 valence electrons. The van der Waals surface area contributed by atoms with E-state index in [1.807, 2.05) is 5.48 Å². The van der Waals surface area contributed by atoms with E-state index in [9.17, 15) is 9.59 Å². The second-order valence-electron chi connectivity index (χ2n) is 2.17. The number of rotatable bonds is 3. The Labute approximate surface area is 76.7 Å². The molecular formula is C8H13NO4. The van der Waals surface area contributed by atoms with Gasteiger partial charge in [0.05, 0.1) is 6.61 Å². The number of carbonyl (C=O) groups is 2. The molecule has 0 aromatic heterocycles. The summed E-state index contributed by atoms with van der Waals surface area (Å²) in [5.74, 6) is -0.657. The summed E-state index contributed by atoms with van der Waals surface area (Å²) in [5.41, 5.74) is 2.12. The van der Waals surface area contributed by atoms with E-state index >= 15 is 0 Å². The lowest BCUT2D eigenvalue weighted by Crippen LogP contribution is -2.28. The van der Waals surface area contributed by atoms with Crippen LogP contribution in [0.25, 0.3) is 0 Å². The van der Waals surface area contributed by atoms with Crippen molar-refractivity contribution in [1.82, 2.24) is 5.48 Å². The molecule has 0 fully saturated rings. The highest BCUT2D eigenvalue weighted by Gasteiger charge is 2.08. The molecule has 0 spiro atoms. The Hall–Kier alpha value is -1.52. The number of amides is 1. The first-order valence-electron chi connectivity index (χ1n) is 3.93. The Kier molecular flexibility index (Phi) is 5.34. The summed E-state index contributed by atoms with van der Waals surface area (Å²) < 4.78 is 4.45. The minimum Gasteiger partial charge on any atom is -0.448 e. The van der Waals surface area contributed by atoms with Gasteiger partial charge in [0.15, 0.2) is 0 Å². The van der Waals surface area contributed by atoms with Crippen molar-refractivity contribution < 1.29 is 19.2 Å². The fraction of sp³-hybridized carbons (Fsp3) is 0.500. The predicted molar refractivity (Wildman–Crippen MR) is 45.7 cm³/mol. The summed E-state index contributed by atoms with van der Waals surface area (Å²) in [7, 11) is 0. The highest BCUT2D eigenvalue weighted by Crippen LogP contribution is 1.97. The van der Waals surface area contributed by atoms with Crippen LogP contribution in [0.1, 0.15) is 20.3 Å². The molecule has 0 saturated carbocycles. The normalized spacial score (nSPS) is 8.77. The number of carbonyl (C=O) groups excluding carboxylic acids is 2. The molecule has 0 unspecified atom stereocenters. The average Bonchev–Trinajstić information content (AvgIpc) is 2.13. The average molecular weight is 187 g/mol. The van der Waals surface area contributed by atoms with Crippen LogP contribution in [0.4, 0.5) is 4.79 Å². The number of hydrogen-bond donors (Lipinski definition) is 1. The Bertz CT molecular complexity index is 212. The Morgan fingerprint density at radius 2 is 2.00 bits per heavy atom. The lowest BCUT2D eigenvalue weighted by atomic mass is 10.2. The van der Waals surface area contributed by atoms with Gasteiger partial charge in [-0.2, -0.15) is 0 Å². The molecule has 0 heterocycles. The minimum atomic E-state index is -0.792. The predicted octanol–water partition coefficient (Wildman–Crippen LogP) is 1.16. The van der Waals surface area contributed by atoms with Crippen LogP contribution < -0.4 is 5.48 Å². The van der Waals surface area contributed by atoms with Crippen LogP contribution in [-0.4, -0.2) is 18.7 Å². The highest BCUT2D eigenvalue weighted by molar-refractivity contribution is 5.88. The second-order valence-corrected chi connectivity index (χ2v) is 2.17. The van der Waals surface area contributed by atoms with Gasteiger partial charge in [-0.15, -0.1) is 5.48 Å². The van der Waals surface area contributed by atoms with Gasteiger partial charge in [-0.3, -0.25) is 0 Å². The number of hydrogen-bond acceptors (Lipinski definition) is 4. The number of nitrogens with one attached hydrogen (secondary N) is 1. The zero-order chi connectivity index (χ0) is 10.3. The highest BCUT2D eigenvalue weighted by atomic mass is 16.7. The minimum absolute atomic E-state index is 0.220. The van der Waals surface area contributed by atoms with Crippen LogP contribution in [0.3, 0.4) is 0 Å². The van der Waals surface area contributed by atoms with Gasteiger partial charge in [-0.1, -0.05) is 13.5 Å². The molecule has 5 heteroatoms. The molecule has 0 radical (unpaired) electrons. The van der Waals surface area contributed by atoms with Gasteiger partial charge < -0.3 is 9.57 Å². The van der Waals surface area contributed by atoms with E-state index in [4.69, 9.17) is 0 Å².